The molecule has 0 bridgehead atoms. The minimum absolute atomic E-state index is 0.475. The van der Waals surface area contributed by atoms with E-state index in [0.29, 0.717) is 6.04 Å². The second kappa shape index (κ2) is 6.42. The van der Waals surface area contributed by atoms with Gasteiger partial charge in [-0.25, -0.2) is 9.97 Å². The summed E-state index contributed by atoms with van der Waals surface area (Å²) < 4.78 is 0. The normalized spacial score (nSPS) is 14.7. The van der Waals surface area contributed by atoms with Crippen molar-refractivity contribution >= 4 is 11.6 Å². The lowest BCUT2D eigenvalue weighted by molar-refractivity contribution is 0.630. The highest BCUT2D eigenvalue weighted by Gasteiger charge is 2.27. The summed E-state index contributed by atoms with van der Waals surface area (Å²) in [4.78, 5) is 11.9. The van der Waals surface area contributed by atoms with Crippen LogP contribution in [0.4, 0.5) is 11.6 Å². The van der Waals surface area contributed by atoms with Crippen molar-refractivity contribution in [3.63, 3.8) is 0 Å². The quantitative estimate of drug-likeness (QED) is 0.828. The van der Waals surface area contributed by atoms with Crippen LogP contribution in [0.25, 0.3) is 0 Å². The predicted molar refractivity (Wildman–Crippen MR) is 85.5 cm³/mol. The number of hydrogen-bond donors (Lipinski definition) is 1. The van der Waals surface area contributed by atoms with E-state index in [4.69, 9.17) is 4.98 Å². The lowest BCUT2D eigenvalue weighted by Crippen LogP contribution is -2.34. The molecule has 2 rings (SSSR count). The molecule has 4 nitrogen and oxygen atoms in total. The number of hydrogen-bond acceptors (Lipinski definition) is 4. The van der Waals surface area contributed by atoms with E-state index in [0.717, 1.165) is 42.8 Å². The molecule has 1 aromatic heterocycles. The Hall–Kier alpha value is -1.32. The second-order valence-electron chi connectivity index (χ2n) is 6.13. The first-order valence-corrected chi connectivity index (χ1v) is 7.88. The van der Waals surface area contributed by atoms with Crippen LogP contribution in [0, 0.1) is 12.8 Å². The maximum atomic E-state index is 4.85. The highest BCUT2D eigenvalue weighted by Crippen LogP contribution is 2.33. The molecule has 0 radical (unpaired) electrons. The van der Waals surface area contributed by atoms with Gasteiger partial charge in [-0.1, -0.05) is 6.92 Å². The third-order valence-electron chi connectivity index (χ3n) is 3.92. The summed E-state index contributed by atoms with van der Waals surface area (Å²) in [5, 5.41) is 3.22. The van der Waals surface area contributed by atoms with Gasteiger partial charge in [-0.3, -0.25) is 0 Å². The maximum Gasteiger partial charge on any atom is 0.137 e. The van der Waals surface area contributed by atoms with Gasteiger partial charge in [0, 0.05) is 31.6 Å². The van der Waals surface area contributed by atoms with Gasteiger partial charge in [0.05, 0.1) is 0 Å². The third kappa shape index (κ3) is 3.41. The van der Waals surface area contributed by atoms with Crippen molar-refractivity contribution in [2.45, 2.75) is 59.4 Å². The van der Waals surface area contributed by atoms with Crippen molar-refractivity contribution in [1.82, 2.24) is 9.97 Å². The average molecular weight is 276 g/mol. The Morgan fingerprint density at radius 2 is 2.00 bits per heavy atom. The van der Waals surface area contributed by atoms with Crippen LogP contribution in [-0.2, 0) is 6.42 Å². The zero-order valence-corrected chi connectivity index (χ0v) is 13.5. The van der Waals surface area contributed by atoms with Gasteiger partial charge >= 0.3 is 0 Å². The topological polar surface area (TPSA) is 41.1 Å². The minimum atomic E-state index is 0.475. The largest absolute Gasteiger partial charge is 0.373 e. The molecule has 0 aliphatic heterocycles. The molecule has 1 aliphatic carbocycles. The molecule has 1 aliphatic rings. The Kier molecular flexibility index (Phi) is 4.84. The number of anilines is 2. The molecule has 0 amide bonds. The van der Waals surface area contributed by atoms with Crippen molar-refractivity contribution < 1.29 is 0 Å². The third-order valence-corrected chi connectivity index (χ3v) is 3.92. The first-order chi connectivity index (χ1) is 9.56. The van der Waals surface area contributed by atoms with E-state index in [1.807, 2.05) is 7.05 Å². The van der Waals surface area contributed by atoms with E-state index in [9.17, 15) is 0 Å². The summed E-state index contributed by atoms with van der Waals surface area (Å²) in [6.45, 7) is 9.93. The lowest BCUT2D eigenvalue weighted by Gasteiger charge is -2.30. The molecular weight excluding hydrogens is 248 g/mol. The molecule has 1 N–H and O–H groups in total. The predicted octanol–water partition coefficient (Wildman–Crippen LogP) is 3.40. The van der Waals surface area contributed by atoms with Crippen LogP contribution < -0.4 is 10.2 Å². The minimum Gasteiger partial charge on any atom is -0.373 e. The monoisotopic (exact) mass is 276 g/mol. The number of aryl methyl sites for hydroxylation is 1. The maximum absolute atomic E-state index is 4.85. The second-order valence-corrected chi connectivity index (χ2v) is 6.13. The van der Waals surface area contributed by atoms with Crippen LogP contribution in [0.5, 0.6) is 0 Å². The van der Waals surface area contributed by atoms with Gasteiger partial charge in [0.25, 0.3) is 0 Å². The highest BCUT2D eigenvalue weighted by molar-refractivity contribution is 5.59. The fourth-order valence-electron chi connectivity index (χ4n) is 2.53. The Morgan fingerprint density at radius 1 is 1.30 bits per heavy atom. The first kappa shape index (κ1) is 15.1. The Balaban J connectivity index is 2.36. The molecule has 1 saturated carbocycles. The molecule has 0 unspecified atom stereocenters. The standard InChI is InChI=1S/C16H28N4/c1-6-7-14-18-15(17-5)12(4)16(19-14)20(11(2)3)10-13-8-9-13/h11,13H,6-10H2,1-5H3,(H,17,18,19). The van der Waals surface area contributed by atoms with Gasteiger partial charge in [0.15, 0.2) is 0 Å². The molecule has 0 atom stereocenters. The molecule has 1 aromatic rings. The number of aromatic nitrogens is 2. The van der Waals surface area contributed by atoms with Crippen molar-refractivity contribution in [3.8, 4) is 0 Å². The molecule has 0 spiro atoms. The summed E-state index contributed by atoms with van der Waals surface area (Å²) in [6, 6.07) is 0.475. The van der Waals surface area contributed by atoms with Crippen LogP contribution in [0.15, 0.2) is 0 Å². The fourth-order valence-corrected chi connectivity index (χ4v) is 2.53. The van der Waals surface area contributed by atoms with Crippen LogP contribution in [0.2, 0.25) is 0 Å². The molecule has 20 heavy (non-hydrogen) atoms. The zero-order valence-electron chi connectivity index (χ0n) is 13.5. The molecular formula is C16H28N4. The number of rotatable bonds is 7. The van der Waals surface area contributed by atoms with E-state index in [1.165, 1.54) is 18.4 Å². The SMILES string of the molecule is CCCc1nc(NC)c(C)c(N(CC2CC2)C(C)C)n1. The zero-order chi connectivity index (χ0) is 14.7. The molecule has 112 valence electrons. The Morgan fingerprint density at radius 3 is 2.50 bits per heavy atom. The average Bonchev–Trinajstić information content (AvgIpc) is 3.22. The van der Waals surface area contributed by atoms with Gasteiger partial charge in [0.1, 0.15) is 17.5 Å². The van der Waals surface area contributed by atoms with Crippen LogP contribution in [-0.4, -0.2) is 29.6 Å². The summed E-state index contributed by atoms with van der Waals surface area (Å²) >= 11 is 0. The van der Waals surface area contributed by atoms with Crippen molar-refractivity contribution in [2.75, 3.05) is 23.8 Å². The molecule has 0 saturated heterocycles. The summed E-state index contributed by atoms with van der Waals surface area (Å²) in [5.41, 5.74) is 1.17. The van der Waals surface area contributed by atoms with E-state index in [2.05, 4.69) is 42.9 Å². The van der Waals surface area contributed by atoms with Crippen molar-refractivity contribution in [3.05, 3.63) is 11.4 Å². The van der Waals surface area contributed by atoms with Gasteiger partial charge in [-0.2, -0.15) is 0 Å². The van der Waals surface area contributed by atoms with Gasteiger partial charge < -0.3 is 10.2 Å². The van der Waals surface area contributed by atoms with Crippen LogP contribution in [0.1, 0.15) is 51.4 Å². The van der Waals surface area contributed by atoms with E-state index in [-0.39, 0.29) is 0 Å². The highest BCUT2D eigenvalue weighted by atomic mass is 15.2. The first-order valence-electron chi connectivity index (χ1n) is 7.88. The van der Waals surface area contributed by atoms with Crippen LogP contribution >= 0.6 is 0 Å². The van der Waals surface area contributed by atoms with Gasteiger partial charge in [-0.15, -0.1) is 0 Å². The van der Waals surface area contributed by atoms with Crippen molar-refractivity contribution in [1.29, 1.82) is 0 Å². The van der Waals surface area contributed by atoms with E-state index >= 15 is 0 Å². The summed E-state index contributed by atoms with van der Waals surface area (Å²) in [5.74, 6) is 3.91. The van der Waals surface area contributed by atoms with Crippen molar-refractivity contribution in [2.24, 2.45) is 5.92 Å². The Labute approximate surface area is 123 Å². The molecule has 4 heteroatoms. The number of nitrogens with zero attached hydrogens (tertiary/aromatic N) is 3. The summed E-state index contributed by atoms with van der Waals surface area (Å²) in [6.07, 6.45) is 4.76. The van der Waals surface area contributed by atoms with Gasteiger partial charge in [-0.05, 0) is 46.0 Å². The Bertz CT molecular complexity index is 452. The molecule has 1 fully saturated rings. The van der Waals surface area contributed by atoms with E-state index in [1.54, 1.807) is 0 Å². The summed E-state index contributed by atoms with van der Waals surface area (Å²) in [7, 11) is 1.94. The van der Waals surface area contributed by atoms with Crippen LogP contribution in [0.3, 0.4) is 0 Å². The van der Waals surface area contributed by atoms with E-state index < -0.39 is 0 Å². The molecule has 0 aromatic carbocycles. The lowest BCUT2D eigenvalue weighted by atomic mass is 10.2. The molecule has 1 heterocycles. The van der Waals surface area contributed by atoms with Gasteiger partial charge in [0.2, 0.25) is 0 Å². The smallest absolute Gasteiger partial charge is 0.137 e. The fraction of sp³-hybridized carbons (Fsp3) is 0.750. The number of nitrogens with one attached hydrogen (secondary N) is 1.